The van der Waals surface area contributed by atoms with Crippen LogP contribution in [0, 0.1) is 23.7 Å². The summed E-state index contributed by atoms with van der Waals surface area (Å²) >= 11 is 2.45. The molecule has 2 fully saturated rings. The number of esters is 1. The van der Waals surface area contributed by atoms with Crippen molar-refractivity contribution < 1.29 is 9.53 Å². The van der Waals surface area contributed by atoms with Gasteiger partial charge in [0.15, 0.2) is 0 Å². The molecule has 2 saturated carbocycles. The second-order valence-corrected chi connectivity index (χ2v) is 9.94. The van der Waals surface area contributed by atoms with E-state index in [0.717, 1.165) is 42.9 Å². The zero-order valence-electron chi connectivity index (χ0n) is 15.7. The Balaban J connectivity index is 1.57. The molecule has 0 spiro atoms. The van der Waals surface area contributed by atoms with Crippen LogP contribution in [-0.2, 0) is 4.74 Å². The van der Waals surface area contributed by atoms with Crippen molar-refractivity contribution in [3.8, 4) is 0 Å². The number of halogens is 1. The molecular formula is C22H31IO2. The number of alkyl halides is 1. The summed E-state index contributed by atoms with van der Waals surface area (Å²) in [7, 11) is 0. The molecule has 2 bridgehead atoms. The summed E-state index contributed by atoms with van der Waals surface area (Å²) in [5, 5.41) is 0. The molecule has 0 amide bonds. The van der Waals surface area contributed by atoms with Gasteiger partial charge in [-0.1, -0.05) is 55.5 Å². The molecule has 0 heterocycles. The van der Waals surface area contributed by atoms with Crippen LogP contribution in [0.15, 0.2) is 24.3 Å². The second-order valence-electron chi connectivity index (χ2n) is 8.44. The van der Waals surface area contributed by atoms with E-state index in [-0.39, 0.29) is 12.1 Å². The van der Waals surface area contributed by atoms with E-state index >= 15 is 0 Å². The van der Waals surface area contributed by atoms with E-state index in [2.05, 4.69) is 55.5 Å². The third kappa shape index (κ3) is 4.78. The minimum Gasteiger partial charge on any atom is -0.459 e. The molecular weight excluding hydrogens is 423 g/mol. The Bertz CT molecular complexity index is 566. The van der Waals surface area contributed by atoms with E-state index in [1.807, 2.05) is 12.1 Å². The van der Waals surface area contributed by atoms with Crippen LogP contribution < -0.4 is 0 Å². The van der Waals surface area contributed by atoms with Crippen molar-refractivity contribution >= 4 is 28.6 Å². The Morgan fingerprint density at radius 2 is 1.68 bits per heavy atom. The number of rotatable bonds is 5. The number of carbonyl (C=O) groups excluding carboxylic acids is 1. The van der Waals surface area contributed by atoms with Gasteiger partial charge in [0.2, 0.25) is 0 Å². The smallest absolute Gasteiger partial charge is 0.338 e. The minimum absolute atomic E-state index is 0.122. The lowest BCUT2D eigenvalue weighted by atomic mass is 9.65. The van der Waals surface area contributed by atoms with Crippen LogP contribution in [0.4, 0.5) is 0 Å². The lowest BCUT2D eigenvalue weighted by Gasteiger charge is -2.43. The summed E-state index contributed by atoms with van der Waals surface area (Å²) in [6, 6.07) is 7.99. The monoisotopic (exact) mass is 454 g/mol. The normalized spacial score (nSPS) is 30.1. The van der Waals surface area contributed by atoms with Gasteiger partial charge in [-0.15, -0.1) is 0 Å². The van der Waals surface area contributed by atoms with Gasteiger partial charge < -0.3 is 4.74 Å². The van der Waals surface area contributed by atoms with Gasteiger partial charge in [0, 0.05) is 3.92 Å². The van der Waals surface area contributed by atoms with Crippen LogP contribution >= 0.6 is 22.6 Å². The summed E-state index contributed by atoms with van der Waals surface area (Å²) < 4.78 is 6.40. The van der Waals surface area contributed by atoms with E-state index in [1.54, 1.807) is 0 Å². The van der Waals surface area contributed by atoms with Crippen molar-refractivity contribution in [3.63, 3.8) is 0 Å². The van der Waals surface area contributed by atoms with Gasteiger partial charge in [-0.3, -0.25) is 0 Å². The first-order valence-corrected chi connectivity index (χ1v) is 11.2. The molecule has 1 aromatic rings. The third-order valence-corrected chi connectivity index (χ3v) is 7.81. The number of ether oxygens (including phenoxy) is 1. The Hall–Kier alpha value is -0.580. The van der Waals surface area contributed by atoms with Gasteiger partial charge in [-0.05, 0) is 79.9 Å². The van der Waals surface area contributed by atoms with Crippen LogP contribution in [0.1, 0.15) is 79.1 Å². The highest BCUT2D eigenvalue weighted by molar-refractivity contribution is 14.1. The molecule has 3 unspecified atom stereocenters. The Labute approximate surface area is 166 Å². The lowest BCUT2D eigenvalue weighted by Crippen LogP contribution is -2.37. The van der Waals surface area contributed by atoms with Crippen LogP contribution in [0.3, 0.4) is 0 Å². The summed E-state index contributed by atoms with van der Waals surface area (Å²) in [6.45, 7) is 6.89. The summed E-state index contributed by atoms with van der Waals surface area (Å²) in [4.78, 5) is 12.5. The molecule has 3 rings (SSSR count). The van der Waals surface area contributed by atoms with E-state index in [4.69, 9.17) is 4.74 Å². The van der Waals surface area contributed by atoms with Crippen LogP contribution in [-0.4, -0.2) is 12.1 Å². The van der Waals surface area contributed by atoms with Gasteiger partial charge in [-0.25, -0.2) is 4.79 Å². The lowest BCUT2D eigenvalue weighted by molar-refractivity contribution is -0.0152. The standard InChI is InChI=1S/C22H31IO2/c1-4-21(23)17-5-7-18(8-6-17)22(24)25-20-12-15-9-16(13-20)11-19(10-15)14(2)3/h5-8,14-16,19-21H,4,9-13H2,1-3H3. The fourth-order valence-electron chi connectivity index (χ4n) is 4.76. The van der Waals surface area contributed by atoms with Crippen molar-refractivity contribution in [1.29, 1.82) is 0 Å². The summed E-state index contributed by atoms with van der Waals surface area (Å²) in [5.41, 5.74) is 1.98. The topological polar surface area (TPSA) is 26.3 Å². The van der Waals surface area contributed by atoms with E-state index < -0.39 is 0 Å². The number of hydrogen-bond acceptors (Lipinski definition) is 2. The molecule has 0 aromatic heterocycles. The van der Waals surface area contributed by atoms with E-state index in [1.165, 1.54) is 24.8 Å². The number of carbonyl (C=O) groups is 1. The fourth-order valence-corrected chi connectivity index (χ4v) is 5.18. The zero-order chi connectivity index (χ0) is 18.0. The molecule has 1 aromatic carbocycles. The Kier molecular flexibility index (Phi) is 6.45. The molecule has 138 valence electrons. The van der Waals surface area contributed by atoms with Gasteiger partial charge in [0.05, 0.1) is 5.56 Å². The van der Waals surface area contributed by atoms with E-state index in [9.17, 15) is 4.79 Å². The molecule has 0 aliphatic heterocycles. The number of fused-ring (bicyclic) bond motifs is 2. The first-order valence-electron chi connectivity index (χ1n) is 9.91. The average Bonchev–Trinajstić information content (AvgIpc) is 2.60. The number of hydrogen-bond donors (Lipinski definition) is 0. The Morgan fingerprint density at radius 3 is 2.20 bits per heavy atom. The van der Waals surface area contributed by atoms with Crippen LogP contribution in [0.5, 0.6) is 0 Å². The fraction of sp³-hybridized carbons (Fsp3) is 0.682. The van der Waals surface area contributed by atoms with Gasteiger partial charge in [0.25, 0.3) is 0 Å². The largest absolute Gasteiger partial charge is 0.459 e. The highest BCUT2D eigenvalue weighted by atomic mass is 127. The minimum atomic E-state index is -0.140. The number of benzene rings is 1. The van der Waals surface area contributed by atoms with Crippen molar-refractivity contribution in [2.24, 2.45) is 23.7 Å². The van der Waals surface area contributed by atoms with Crippen molar-refractivity contribution in [3.05, 3.63) is 35.4 Å². The molecule has 2 aliphatic rings. The molecule has 3 atom stereocenters. The van der Waals surface area contributed by atoms with Gasteiger partial charge in [-0.2, -0.15) is 0 Å². The highest BCUT2D eigenvalue weighted by Gasteiger charge is 2.38. The summed E-state index contributed by atoms with van der Waals surface area (Å²) in [6.07, 6.45) is 7.35. The summed E-state index contributed by atoms with van der Waals surface area (Å²) in [5.74, 6) is 3.02. The average molecular weight is 454 g/mol. The SMILES string of the molecule is CCC(I)c1ccc(C(=O)OC2CC3CC(C2)CC(C(C)C)C3)cc1. The predicted molar refractivity (Wildman–Crippen MR) is 111 cm³/mol. The van der Waals surface area contributed by atoms with Crippen LogP contribution in [0.25, 0.3) is 0 Å². The Morgan fingerprint density at radius 1 is 1.08 bits per heavy atom. The predicted octanol–water partition coefficient (Wildman–Crippen LogP) is 6.58. The quantitative estimate of drug-likeness (QED) is 0.285. The highest BCUT2D eigenvalue weighted by Crippen LogP contribution is 2.45. The maximum atomic E-state index is 12.5. The third-order valence-electron chi connectivity index (χ3n) is 6.21. The first kappa shape index (κ1) is 19.2. The van der Waals surface area contributed by atoms with Crippen molar-refractivity contribution in [1.82, 2.24) is 0 Å². The molecule has 3 heteroatoms. The first-order chi connectivity index (χ1) is 12.0. The van der Waals surface area contributed by atoms with Gasteiger partial charge in [0.1, 0.15) is 6.10 Å². The molecule has 25 heavy (non-hydrogen) atoms. The van der Waals surface area contributed by atoms with Gasteiger partial charge >= 0.3 is 5.97 Å². The maximum Gasteiger partial charge on any atom is 0.338 e. The van der Waals surface area contributed by atoms with Crippen molar-refractivity contribution in [2.75, 3.05) is 0 Å². The molecule has 0 N–H and O–H groups in total. The second kappa shape index (κ2) is 8.41. The molecule has 2 nitrogen and oxygen atoms in total. The molecule has 2 aliphatic carbocycles. The van der Waals surface area contributed by atoms with Crippen LogP contribution in [0.2, 0.25) is 0 Å². The zero-order valence-corrected chi connectivity index (χ0v) is 17.9. The van der Waals surface area contributed by atoms with E-state index in [0.29, 0.717) is 9.49 Å². The van der Waals surface area contributed by atoms with Crippen molar-refractivity contribution in [2.45, 2.75) is 69.3 Å². The molecule has 0 saturated heterocycles. The maximum absolute atomic E-state index is 12.5. The molecule has 0 radical (unpaired) electrons.